The molecule has 0 radical (unpaired) electrons. The van der Waals surface area contributed by atoms with E-state index in [1.165, 1.54) is 23.3 Å². The van der Waals surface area contributed by atoms with Crippen molar-refractivity contribution in [3.8, 4) is 6.07 Å². The molecule has 4 atom stereocenters. The van der Waals surface area contributed by atoms with Crippen LogP contribution in [0, 0.1) is 11.3 Å². The highest BCUT2D eigenvalue weighted by Crippen LogP contribution is 2.37. The van der Waals surface area contributed by atoms with Gasteiger partial charge in [0.05, 0.1) is 11.7 Å². The van der Waals surface area contributed by atoms with E-state index in [0.29, 0.717) is 29.2 Å². The number of hydrogen-bond acceptors (Lipinski definition) is 8. The highest BCUT2D eigenvalue weighted by Gasteiger charge is 2.42. The van der Waals surface area contributed by atoms with Crippen molar-refractivity contribution in [2.24, 2.45) is 0 Å². The number of thioether (sulfide) groups is 1. The average molecular weight is 427 g/mol. The minimum Gasteiger partial charge on any atom is -0.387 e. The summed E-state index contributed by atoms with van der Waals surface area (Å²) >= 11 is 3.10. The fourth-order valence-electron chi connectivity index (χ4n) is 3.54. The third-order valence-electron chi connectivity index (χ3n) is 5.06. The number of carbonyl (C=O) groups is 1. The normalized spacial score (nSPS) is 26.6. The molecule has 28 heavy (non-hydrogen) atoms. The predicted octanol–water partition coefficient (Wildman–Crippen LogP) is 2.04. The lowest BCUT2D eigenvalue weighted by Gasteiger charge is -2.13. The van der Waals surface area contributed by atoms with Crippen LogP contribution in [0.4, 0.5) is 5.00 Å². The van der Waals surface area contributed by atoms with Crippen LogP contribution in [0.2, 0.25) is 0 Å². The van der Waals surface area contributed by atoms with E-state index in [-0.39, 0.29) is 5.91 Å². The SMILES string of the molecule is CO[C@H]1O[C@H](CSCCCC(=O)Nc2sc3c(c2C#N)CCCC3)[C@@H](O)[C@@H]1O. The van der Waals surface area contributed by atoms with Gasteiger partial charge in [-0.05, 0) is 43.4 Å². The molecule has 3 N–H and O–H groups in total. The largest absolute Gasteiger partial charge is 0.387 e. The van der Waals surface area contributed by atoms with Gasteiger partial charge in [0.2, 0.25) is 5.91 Å². The maximum absolute atomic E-state index is 12.3. The van der Waals surface area contributed by atoms with E-state index in [4.69, 9.17) is 9.47 Å². The third-order valence-corrected chi connectivity index (χ3v) is 7.41. The molecule has 0 saturated carbocycles. The number of fused-ring (bicyclic) bond motifs is 1. The van der Waals surface area contributed by atoms with Crippen LogP contribution in [0.15, 0.2) is 0 Å². The molecule has 2 aliphatic rings. The van der Waals surface area contributed by atoms with Crippen molar-refractivity contribution in [1.29, 1.82) is 5.26 Å². The molecule has 2 heterocycles. The fraction of sp³-hybridized carbons (Fsp3) is 0.684. The summed E-state index contributed by atoms with van der Waals surface area (Å²) in [5.41, 5.74) is 1.76. The Morgan fingerprint density at radius 3 is 2.89 bits per heavy atom. The summed E-state index contributed by atoms with van der Waals surface area (Å²) in [5.74, 6) is 1.18. The molecule has 1 aromatic heterocycles. The van der Waals surface area contributed by atoms with Crippen LogP contribution in [-0.4, -0.2) is 59.3 Å². The Labute approximate surface area is 173 Å². The summed E-state index contributed by atoms with van der Waals surface area (Å²) in [6, 6.07) is 2.26. The number of nitriles is 1. The Bertz CT molecular complexity index is 733. The second kappa shape index (κ2) is 10.1. The molecule has 1 aliphatic heterocycles. The number of thiophene rings is 1. The summed E-state index contributed by atoms with van der Waals surface area (Å²) in [6.45, 7) is 0. The zero-order valence-corrected chi connectivity index (χ0v) is 17.5. The van der Waals surface area contributed by atoms with Crippen molar-refractivity contribution in [2.75, 3.05) is 23.9 Å². The van der Waals surface area contributed by atoms with Crippen LogP contribution in [0.1, 0.15) is 41.7 Å². The van der Waals surface area contributed by atoms with E-state index in [0.717, 1.165) is 37.0 Å². The van der Waals surface area contributed by atoms with Gasteiger partial charge >= 0.3 is 0 Å². The van der Waals surface area contributed by atoms with Crippen molar-refractivity contribution in [1.82, 2.24) is 0 Å². The molecular formula is C19H26N2O5S2. The van der Waals surface area contributed by atoms with E-state index in [9.17, 15) is 20.3 Å². The van der Waals surface area contributed by atoms with Gasteiger partial charge in [-0.25, -0.2) is 0 Å². The van der Waals surface area contributed by atoms with E-state index in [1.54, 1.807) is 11.8 Å². The first-order valence-electron chi connectivity index (χ1n) is 9.51. The second-order valence-corrected chi connectivity index (χ2v) is 9.27. The number of aliphatic hydroxyl groups is 2. The summed E-state index contributed by atoms with van der Waals surface area (Å²) in [7, 11) is 1.43. The van der Waals surface area contributed by atoms with Crippen molar-refractivity contribution in [3.05, 3.63) is 16.0 Å². The van der Waals surface area contributed by atoms with Gasteiger partial charge in [-0.3, -0.25) is 4.79 Å². The molecule has 1 saturated heterocycles. The minimum atomic E-state index is -1.03. The number of methoxy groups -OCH3 is 1. The zero-order chi connectivity index (χ0) is 20.1. The summed E-state index contributed by atoms with van der Waals surface area (Å²) < 4.78 is 10.4. The van der Waals surface area contributed by atoms with Crippen molar-refractivity contribution in [3.63, 3.8) is 0 Å². The van der Waals surface area contributed by atoms with Gasteiger partial charge in [0.25, 0.3) is 0 Å². The lowest BCUT2D eigenvalue weighted by atomic mass is 9.96. The lowest BCUT2D eigenvalue weighted by molar-refractivity contribution is -0.145. The maximum Gasteiger partial charge on any atom is 0.225 e. The van der Waals surface area contributed by atoms with E-state index in [1.807, 2.05) is 0 Å². The second-order valence-electron chi connectivity index (χ2n) is 7.01. The standard InChI is InChI=1S/C19H26N2O5S2/c1-25-19-17(24)16(23)13(26-19)10-27-8-4-7-15(22)21-18-12(9-20)11-5-2-3-6-14(11)28-18/h13,16-17,19,23-24H,2-8,10H2,1H3,(H,21,22)/t13-,16-,17+,19+/m1/s1. The maximum atomic E-state index is 12.3. The molecule has 0 spiro atoms. The number of amides is 1. The Hall–Kier alpha value is -1.15. The number of aliphatic hydroxyl groups excluding tert-OH is 2. The lowest BCUT2D eigenvalue weighted by Crippen LogP contribution is -2.33. The fourth-order valence-corrected chi connectivity index (χ4v) is 5.82. The molecule has 7 nitrogen and oxygen atoms in total. The number of nitrogens with one attached hydrogen (secondary N) is 1. The topological polar surface area (TPSA) is 112 Å². The smallest absolute Gasteiger partial charge is 0.225 e. The van der Waals surface area contributed by atoms with Crippen LogP contribution < -0.4 is 5.32 Å². The molecule has 9 heteroatoms. The quantitative estimate of drug-likeness (QED) is 0.545. The van der Waals surface area contributed by atoms with Crippen LogP contribution in [0.25, 0.3) is 0 Å². The number of hydrogen-bond donors (Lipinski definition) is 3. The van der Waals surface area contributed by atoms with Gasteiger partial charge in [0.15, 0.2) is 6.29 Å². The molecule has 0 bridgehead atoms. The van der Waals surface area contributed by atoms with Crippen molar-refractivity contribution in [2.45, 2.75) is 63.1 Å². The van der Waals surface area contributed by atoms with Gasteiger partial charge in [-0.2, -0.15) is 17.0 Å². The van der Waals surface area contributed by atoms with E-state index in [2.05, 4.69) is 11.4 Å². The molecule has 1 amide bonds. The number of aryl methyl sites for hydroxylation is 1. The van der Waals surface area contributed by atoms with Gasteiger partial charge < -0.3 is 25.0 Å². The number of ether oxygens (including phenoxy) is 2. The van der Waals surface area contributed by atoms with Gasteiger partial charge in [0.1, 0.15) is 23.3 Å². The first kappa shape index (κ1) is 21.6. The van der Waals surface area contributed by atoms with Crippen LogP contribution in [0.3, 0.4) is 0 Å². The van der Waals surface area contributed by atoms with Gasteiger partial charge in [-0.15, -0.1) is 11.3 Å². The average Bonchev–Trinajstić information content (AvgIpc) is 3.18. The van der Waals surface area contributed by atoms with Crippen LogP contribution in [-0.2, 0) is 27.1 Å². The summed E-state index contributed by atoms with van der Waals surface area (Å²) in [4.78, 5) is 13.5. The molecule has 1 fully saturated rings. The highest BCUT2D eigenvalue weighted by molar-refractivity contribution is 7.99. The Kier molecular flexibility index (Phi) is 7.74. The summed E-state index contributed by atoms with van der Waals surface area (Å²) in [6.07, 6.45) is 1.95. The Morgan fingerprint density at radius 1 is 1.39 bits per heavy atom. The molecule has 3 rings (SSSR count). The van der Waals surface area contributed by atoms with E-state index >= 15 is 0 Å². The highest BCUT2D eigenvalue weighted by atomic mass is 32.2. The molecule has 1 aliphatic carbocycles. The molecule has 0 aromatic carbocycles. The molecule has 0 unspecified atom stereocenters. The first-order chi connectivity index (χ1) is 13.5. The monoisotopic (exact) mass is 426 g/mol. The molecule has 1 aromatic rings. The molecular weight excluding hydrogens is 400 g/mol. The summed E-state index contributed by atoms with van der Waals surface area (Å²) in [5, 5.41) is 32.7. The zero-order valence-electron chi connectivity index (χ0n) is 15.8. The van der Waals surface area contributed by atoms with Gasteiger partial charge in [-0.1, -0.05) is 0 Å². The number of carbonyl (C=O) groups excluding carboxylic acids is 1. The predicted molar refractivity (Wildman–Crippen MR) is 109 cm³/mol. The van der Waals surface area contributed by atoms with Crippen molar-refractivity contribution >= 4 is 34.0 Å². The number of rotatable bonds is 8. The number of anilines is 1. The van der Waals surface area contributed by atoms with Crippen LogP contribution in [0.5, 0.6) is 0 Å². The van der Waals surface area contributed by atoms with E-state index < -0.39 is 24.6 Å². The number of nitrogens with zero attached hydrogens (tertiary/aromatic N) is 1. The van der Waals surface area contributed by atoms with Crippen molar-refractivity contribution < 1.29 is 24.5 Å². The van der Waals surface area contributed by atoms with Gasteiger partial charge in [0, 0.05) is 24.2 Å². The Balaban J connectivity index is 1.39. The first-order valence-corrected chi connectivity index (χ1v) is 11.5. The molecule has 154 valence electrons. The minimum absolute atomic E-state index is 0.0808. The Morgan fingerprint density at radius 2 is 2.18 bits per heavy atom. The third kappa shape index (κ3) is 4.87. The van der Waals surface area contributed by atoms with Crippen LogP contribution >= 0.6 is 23.1 Å².